The van der Waals surface area contributed by atoms with E-state index in [-0.39, 0.29) is 0 Å². The smallest absolute Gasteiger partial charge is 0.184 e. The van der Waals surface area contributed by atoms with Gasteiger partial charge in [-0.3, -0.25) is 9.38 Å². The normalized spacial score (nSPS) is 13.2. The van der Waals surface area contributed by atoms with Crippen molar-refractivity contribution < 1.29 is 9.84 Å². The van der Waals surface area contributed by atoms with Crippen LogP contribution in [0.4, 0.5) is 0 Å². The van der Waals surface area contributed by atoms with Crippen LogP contribution in [0.25, 0.3) is 27.6 Å². The van der Waals surface area contributed by atoms with Crippen molar-refractivity contribution in [2.75, 3.05) is 6.61 Å². The third-order valence-corrected chi connectivity index (χ3v) is 3.79. The predicted molar refractivity (Wildman–Crippen MR) is 84.6 cm³/mol. The van der Waals surface area contributed by atoms with Gasteiger partial charge in [0.15, 0.2) is 6.29 Å². The van der Waals surface area contributed by atoms with Gasteiger partial charge >= 0.3 is 0 Å². The summed E-state index contributed by atoms with van der Waals surface area (Å²) in [5, 5.41) is 11.2. The summed E-state index contributed by atoms with van der Waals surface area (Å²) in [6.07, 6.45) is 2.54. The number of benzene rings is 1. The molecule has 3 aromatic heterocycles. The Kier molecular flexibility index (Phi) is 3.03. The first-order valence-corrected chi connectivity index (χ1v) is 7.23. The van der Waals surface area contributed by atoms with Gasteiger partial charge in [-0.2, -0.15) is 0 Å². The average Bonchev–Trinajstić information content (AvgIpc) is 2.94. The van der Waals surface area contributed by atoms with Crippen LogP contribution in [0.1, 0.15) is 18.8 Å². The lowest BCUT2D eigenvalue weighted by Crippen LogP contribution is -2.06. The first kappa shape index (κ1) is 13.2. The van der Waals surface area contributed by atoms with Gasteiger partial charge in [0, 0.05) is 24.4 Å². The molecule has 22 heavy (non-hydrogen) atoms. The zero-order chi connectivity index (χ0) is 15.1. The summed E-state index contributed by atoms with van der Waals surface area (Å²) < 4.78 is 7.41. The van der Waals surface area contributed by atoms with Crippen LogP contribution in [0.3, 0.4) is 0 Å². The highest BCUT2D eigenvalue weighted by Gasteiger charge is 2.17. The number of aliphatic hydroxyl groups excluding tert-OH is 1. The van der Waals surface area contributed by atoms with E-state index in [0.29, 0.717) is 17.8 Å². The molecule has 0 amide bonds. The van der Waals surface area contributed by atoms with Gasteiger partial charge in [0.05, 0.1) is 22.1 Å². The van der Waals surface area contributed by atoms with E-state index < -0.39 is 6.29 Å². The van der Waals surface area contributed by atoms with Crippen molar-refractivity contribution in [2.24, 2.45) is 0 Å². The van der Waals surface area contributed by atoms with Gasteiger partial charge in [-0.1, -0.05) is 12.1 Å². The molecule has 0 bridgehead atoms. The number of hydrogen-bond donors (Lipinski definition) is 1. The Hall–Kier alpha value is -2.50. The maximum atomic E-state index is 10.3. The van der Waals surface area contributed by atoms with E-state index in [1.807, 2.05) is 47.7 Å². The number of aliphatic hydroxyl groups is 1. The number of hydrogen-bond acceptors (Lipinski definition) is 4. The first-order valence-electron chi connectivity index (χ1n) is 7.23. The molecule has 5 nitrogen and oxygen atoms in total. The fourth-order valence-electron chi connectivity index (χ4n) is 2.84. The van der Waals surface area contributed by atoms with Crippen LogP contribution in [-0.4, -0.2) is 26.1 Å². The van der Waals surface area contributed by atoms with E-state index in [0.717, 1.165) is 21.9 Å². The molecule has 1 atom stereocenters. The summed E-state index contributed by atoms with van der Waals surface area (Å²) in [5.41, 5.74) is 4.25. The summed E-state index contributed by atoms with van der Waals surface area (Å²) in [5.74, 6) is 0. The highest BCUT2D eigenvalue weighted by molar-refractivity contribution is 5.91. The highest BCUT2D eigenvalue weighted by Crippen LogP contribution is 2.29. The second kappa shape index (κ2) is 5.05. The number of imidazole rings is 1. The molecular weight excluding hydrogens is 278 g/mol. The van der Waals surface area contributed by atoms with E-state index in [1.54, 1.807) is 12.4 Å². The lowest BCUT2D eigenvalue weighted by Gasteiger charge is -2.13. The molecule has 0 aliphatic heterocycles. The van der Waals surface area contributed by atoms with Gasteiger partial charge in [0.2, 0.25) is 0 Å². The third kappa shape index (κ3) is 1.87. The van der Waals surface area contributed by atoms with Gasteiger partial charge in [-0.25, -0.2) is 4.98 Å². The molecule has 0 aliphatic carbocycles. The number of aromatic nitrogens is 3. The zero-order valence-corrected chi connectivity index (χ0v) is 12.1. The standard InChI is InChI=1S/C17H15N3O2/c1-2-22-17(21)12-9-11-10-18-8-7-14(11)20-15-6-4-3-5-13(15)19-16(12)20/h3-10,17,21H,2H2,1H3. The zero-order valence-electron chi connectivity index (χ0n) is 12.1. The summed E-state index contributed by atoms with van der Waals surface area (Å²) in [6, 6.07) is 11.8. The minimum atomic E-state index is -1.01. The Bertz CT molecular complexity index is 978. The lowest BCUT2D eigenvalue weighted by atomic mass is 10.2. The molecule has 0 spiro atoms. The number of pyridine rings is 2. The lowest BCUT2D eigenvalue weighted by molar-refractivity contribution is -0.0971. The number of fused-ring (bicyclic) bond motifs is 5. The number of ether oxygens (including phenoxy) is 1. The number of para-hydroxylation sites is 2. The second-order valence-electron chi connectivity index (χ2n) is 5.10. The number of rotatable bonds is 3. The maximum Gasteiger partial charge on any atom is 0.184 e. The predicted octanol–water partition coefficient (Wildman–Crippen LogP) is 3.06. The maximum absolute atomic E-state index is 10.3. The van der Waals surface area contributed by atoms with E-state index >= 15 is 0 Å². The van der Waals surface area contributed by atoms with Crippen molar-refractivity contribution in [3.05, 3.63) is 54.4 Å². The monoisotopic (exact) mass is 293 g/mol. The van der Waals surface area contributed by atoms with E-state index in [4.69, 9.17) is 4.74 Å². The van der Waals surface area contributed by atoms with Gasteiger partial charge < -0.3 is 9.84 Å². The van der Waals surface area contributed by atoms with Crippen LogP contribution >= 0.6 is 0 Å². The van der Waals surface area contributed by atoms with Crippen molar-refractivity contribution in [3.8, 4) is 0 Å². The Morgan fingerprint density at radius 1 is 1.23 bits per heavy atom. The van der Waals surface area contributed by atoms with E-state index in [1.165, 1.54) is 0 Å². The molecule has 4 aromatic rings. The largest absolute Gasteiger partial charge is 0.364 e. The Morgan fingerprint density at radius 2 is 2.09 bits per heavy atom. The molecule has 0 fully saturated rings. The highest BCUT2D eigenvalue weighted by atomic mass is 16.6. The molecule has 4 rings (SSSR count). The SMILES string of the molecule is CCOC(O)c1cc2cnccc2n2c1nc1ccccc12. The molecule has 1 aromatic carbocycles. The van der Waals surface area contributed by atoms with Gasteiger partial charge in [0.1, 0.15) is 5.65 Å². The van der Waals surface area contributed by atoms with E-state index in [9.17, 15) is 5.11 Å². The molecule has 5 heteroatoms. The molecule has 1 N–H and O–H groups in total. The molecule has 0 saturated heterocycles. The second-order valence-corrected chi connectivity index (χ2v) is 5.10. The van der Waals surface area contributed by atoms with Crippen molar-refractivity contribution >= 4 is 27.6 Å². The Morgan fingerprint density at radius 3 is 2.95 bits per heavy atom. The van der Waals surface area contributed by atoms with Gasteiger partial charge in [-0.05, 0) is 31.2 Å². The topological polar surface area (TPSA) is 59.7 Å². The first-order chi connectivity index (χ1) is 10.8. The molecule has 1 unspecified atom stereocenters. The van der Waals surface area contributed by atoms with E-state index in [2.05, 4.69) is 9.97 Å². The molecule has 0 radical (unpaired) electrons. The molecule has 0 saturated carbocycles. The summed E-state index contributed by atoms with van der Waals surface area (Å²) in [6.45, 7) is 2.28. The van der Waals surface area contributed by atoms with Crippen LogP contribution in [0.15, 0.2) is 48.8 Å². The fourth-order valence-corrected chi connectivity index (χ4v) is 2.84. The summed E-state index contributed by atoms with van der Waals surface area (Å²) in [4.78, 5) is 8.85. The quantitative estimate of drug-likeness (QED) is 0.590. The van der Waals surface area contributed by atoms with Crippen LogP contribution in [0, 0.1) is 0 Å². The Labute approximate surface area is 126 Å². The summed E-state index contributed by atoms with van der Waals surface area (Å²) >= 11 is 0. The fraction of sp³-hybridized carbons (Fsp3) is 0.176. The Balaban J connectivity index is 2.18. The number of nitrogens with zero attached hydrogens (tertiary/aromatic N) is 3. The molecular formula is C17H15N3O2. The van der Waals surface area contributed by atoms with Crippen molar-refractivity contribution in [2.45, 2.75) is 13.2 Å². The van der Waals surface area contributed by atoms with Crippen LogP contribution < -0.4 is 0 Å². The molecule has 0 aliphatic rings. The van der Waals surface area contributed by atoms with Crippen molar-refractivity contribution in [1.82, 2.24) is 14.4 Å². The van der Waals surface area contributed by atoms with Crippen molar-refractivity contribution in [1.29, 1.82) is 0 Å². The average molecular weight is 293 g/mol. The van der Waals surface area contributed by atoms with Crippen LogP contribution in [0.5, 0.6) is 0 Å². The molecule has 3 heterocycles. The van der Waals surface area contributed by atoms with Crippen LogP contribution in [0.2, 0.25) is 0 Å². The minimum Gasteiger partial charge on any atom is -0.364 e. The van der Waals surface area contributed by atoms with Crippen LogP contribution in [-0.2, 0) is 4.74 Å². The molecule has 110 valence electrons. The van der Waals surface area contributed by atoms with Gasteiger partial charge in [-0.15, -0.1) is 0 Å². The van der Waals surface area contributed by atoms with Gasteiger partial charge in [0.25, 0.3) is 0 Å². The summed E-state index contributed by atoms with van der Waals surface area (Å²) in [7, 11) is 0. The minimum absolute atomic E-state index is 0.429. The van der Waals surface area contributed by atoms with Crippen molar-refractivity contribution in [3.63, 3.8) is 0 Å². The third-order valence-electron chi connectivity index (χ3n) is 3.79.